The summed E-state index contributed by atoms with van der Waals surface area (Å²) in [6.07, 6.45) is 5.38. The number of nitrogens with one attached hydrogen (secondary N) is 1. The van der Waals surface area contributed by atoms with E-state index in [1.165, 1.54) is 30.4 Å². The second-order valence-electron chi connectivity index (χ2n) is 6.24. The third-order valence-corrected chi connectivity index (χ3v) is 4.36. The molecule has 0 spiro atoms. The van der Waals surface area contributed by atoms with E-state index in [2.05, 4.69) is 41.4 Å². The Labute approximate surface area is 121 Å². The topological polar surface area (TPSA) is 32.3 Å². The predicted molar refractivity (Wildman–Crippen MR) is 80.4 cm³/mol. The van der Waals surface area contributed by atoms with Gasteiger partial charge in [0.2, 0.25) is 5.91 Å². The van der Waals surface area contributed by atoms with Crippen LogP contribution in [0.15, 0.2) is 24.3 Å². The smallest absolute Gasteiger partial charge is 0.224 e. The van der Waals surface area contributed by atoms with Crippen LogP contribution in [0.2, 0.25) is 0 Å². The summed E-state index contributed by atoms with van der Waals surface area (Å²) < 4.78 is 0. The molecule has 3 nitrogen and oxygen atoms in total. The highest BCUT2D eigenvalue weighted by Crippen LogP contribution is 2.29. The maximum absolute atomic E-state index is 12.5. The number of rotatable bonds is 5. The van der Waals surface area contributed by atoms with Crippen LogP contribution in [-0.2, 0) is 11.3 Å². The summed E-state index contributed by atoms with van der Waals surface area (Å²) in [4.78, 5) is 14.6. The van der Waals surface area contributed by atoms with E-state index in [4.69, 9.17) is 0 Å². The molecule has 2 fully saturated rings. The molecule has 1 N–H and O–H groups in total. The zero-order valence-corrected chi connectivity index (χ0v) is 12.3. The molecule has 0 bridgehead atoms. The number of hydrogen-bond donors (Lipinski definition) is 1. The van der Waals surface area contributed by atoms with Gasteiger partial charge in [0.15, 0.2) is 0 Å². The molecule has 1 aromatic rings. The summed E-state index contributed by atoms with van der Waals surface area (Å²) in [5.74, 6) is 0.326. The predicted octanol–water partition coefficient (Wildman–Crippen LogP) is 2.63. The van der Waals surface area contributed by atoms with E-state index in [-0.39, 0.29) is 0 Å². The SMILES string of the molecule is Cc1ccc(CN(C(=O)CC2CCCN2)C2CC2)cc1. The maximum Gasteiger partial charge on any atom is 0.224 e. The molecule has 0 aromatic heterocycles. The third kappa shape index (κ3) is 3.40. The van der Waals surface area contributed by atoms with E-state index in [0.717, 1.165) is 19.5 Å². The minimum absolute atomic E-state index is 0.326. The van der Waals surface area contributed by atoms with Crippen LogP contribution in [0, 0.1) is 6.92 Å². The number of nitrogens with zero attached hydrogens (tertiary/aromatic N) is 1. The number of amides is 1. The molecular weight excluding hydrogens is 248 g/mol. The van der Waals surface area contributed by atoms with Gasteiger partial charge in [-0.05, 0) is 44.7 Å². The Kier molecular flexibility index (Phi) is 4.06. The lowest BCUT2D eigenvalue weighted by molar-refractivity contribution is -0.132. The van der Waals surface area contributed by atoms with Crippen LogP contribution in [0.1, 0.15) is 43.2 Å². The first-order valence-corrected chi connectivity index (χ1v) is 7.81. The highest BCUT2D eigenvalue weighted by atomic mass is 16.2. The summed E-state index contributed by atoms with van der Waals surface area (Å²) in [6.45, 7) is 3.94. The van der Waals surface area contributed by atoms with E-state index < -0.39 is 0 Å². The van der Waals surface area contributed by atoms with Crippen molar-refractivity contribution < 1.29 is 4.79 Å². The highest BCUT2D eigenvalue weighted by molar-refractivity contribution is 5.77. The van der Waals surface area contributed by atoms with Crippen molar-refractivity contribution in [3.05, 3.63) is 35.4 Å². The summed E-state index contributed by atoms with van der Waals surface area (Å²) in [5.41, 5.74) is 2.52. The van der Waals surface area contributed by atoms with Gasteiger partial charge < -0.3 is 10.2 Å². The van der Waals surface area contributed by atoms with Crippen LogP contribution < -0.4 is 5.32 Å². The molecule has 3 heteroatoms. The Morgan fingerprint density at radius 3 is 2.60 bits per heavy atom. The van der Waals surface area contributed by atoms with Gasteiger partial charge in [0.05, 0.1) is 0 Å². The summed E-state index contributed by atoms with van der Waals surface area (Å²) >= 11 is 0. The van der Waals surface area contributed by atoms with E-state index in [1.807, 2.05) is 0 Å². The van der Waals surface area contributed by atoms with Gasteiger partial charge in [-0.25, -0.2) is 0 Å². The lowest BCUT2D eigenvalue weighted by Crippen LogP contribution is -2.37. The monoisotopic (exact) mass is 272 g/mol. The fourth-order valence-corrected chi connectivity index (χ4v) is 2.96. The van der Waals surface area contributed by atoms with Crippen molar-refractivity contribution in [3.8, 4) is 0 Å². The average Bonchev–Trinajstić information content (AvgIpc) is 3.15. The molecule has 1 aliphatic carbocycles. The van der Waals surface area contributed by atoms with E-state index in [9.17, 15) is 4.79 Å². The van der Waals surface area contributed by atoms with Crippen molar-refractivity contribution in [1.82, 2.24) is 10.2 Å². The molecule has 1 heterocycles. The molecule has 1 saturated carbocycles. The zero-order valence-electron chi connectivity index (χ0n) is 12.3. The van der Waals surface area contributed by atoms with E-state index in [1.54, 1.807) is 0 Å². The Morgan fingerprint density at radius 1 is 1.25 bits per heavy atom. The number of carbonyl (C=O) groups excluding carboxylic acids is 1. The van der Waals surface area contributed by atoms with Crippen LogP contribution in [0.4, 0.5) is 0 Å². The molecule has 1 amide bonds. The molecule has 1 saturated heterocycles. The second-order valence-corrected chi connectivity index (χ2v) is 6.24. The molecular formula is C17H24N2O. The van der Waals surface area contributed by atoms with Crippen molar-refractivity contribution in [3.63, 3.8) is 0 Å². The lowest BCUT2D eigenvalue weighted by Gasteiger charge is -2.24. The van der Waals surface area contributed by atoms with Crippen molar-refractivity contribution >= 4 is 5.91 Å². The first kappa shape index (κ1) is 13.6. The molecule has 20 heavy (non-hydrogen) atoms. The van der Waals surface area contributed by atoms with Gasteiger partial charge in [-0.1, -0.05) is 29.8 Å². The first-order chi connectivity index (χ1) is 9.72. The third-order valence-electron chi connectivity index (χ3n) is 4.36. The number of benzene rings is 1. The second kappa shape index (κ2) is 5.96. The standard InChI is InChI=1S/C17H24N2O/c1-13-4-6-14(7-5-13)12-19(16-8-9-16)17(20)11-15-3-2-10-18-15/h4-7,15-16,18H,2-3,8-12H2,1H3. The van der Waals surface area contributed by atoms with Crippen molar-refractivity contribution in [2.75, 3.05) is 6.54 Å². The van der Waals surface area contributed by atoms with Gasteiger partial charge in [-0.15, -0.1) is 0 Å². The van der Waals surface area contributed by atoms with Gasteiger partial charge in [0, 0.05) is 25.0 Å². The molecule has 1 aliphatic heterocycles. The van der Waals surface area contributed by atoms with Crippen LogP contribution in [0.3, 0.4) is 0 Å². The Balaban J connectivity index is 1.62. The van der Waals surface area contributed by atoms with Gasteiger partial charge in [-0.2, -0.15) is 0 Å². The van der Waals surface area contributed by atoms with Crippen LogP contribution in [-0.4, -0.2) is 29.4 Å². The van der Waals surface area contributed by atoms with Crippen LogP contribution in [0.5, 0.6) is 0 Å². The normalized spacial score (nSPS) is 21.9. The van der Waals surface area contributed by atoms with Gasteiger partial charge in [-0.3, -0.25) is 4.79 Å². The largest absolute Gasteiger partial charge is 0.335 e. The molecule has 1 unspecified atom stereocenters. The molecule has 0 radical (unpaired) electrons. The van der Waals surface area contributed by atoms with Crippen molar-refractivity contribution in [2.24, 2.45) is 0 Å². The number of hydrogen-bond acceptors (Lipinski definition) is 2. The molecule has 3 rings (SSSR count). The van der Waals surface area contributed by atoms with Gasteiger partial charge in [0.25, 0.3) is 0 Å². The lowest BCUT2D eigenvalue weighted by atomic mass is 10.1. The summed E-state index contributed by atoms with van der Waals surface area (Å²) in [5, 5.41) is 3.43. The summed E-state index contributed by atoms with van der Waals surface area (Å²) in [6, 6.07) is 9.44. The fraction of sp³-hybridized carbons (Fsp3) is 0.588. The molecule has 2 aliphatic rings. The summed E-state index contributed by atoms with van der Waals surface area (Å²) in [7, 11) is 0. The van der Waals surface area contributed by atoms with Crippen molar-refractivity contribution in [2.45, 2.75) is 57.7 Å². The molecule has 1 atom stereocenters. The van der Waals surface area contributed by atoms with Crippen LogP contribution >= 0.6 is 0 Å². The minimum Gasteiger partial charge on any atom is -0.335 e. The molecule has 1 aromatic carbocycles. The van der Waals surface area contributed by atoms with Gasteiger partial charge >= 0.3 is 0 Å². The highest BCUT2D eigenvalue weighted by Gasteiger charge is 2.33. The Hall–Kier alpha value is -1.35. The first-order valence-electron chi connectivity index (χ1n) is 7.81. The quantitative estimate of drug-likeness (QED) is 0.893. The number of aryl methyl sites for hydroxylation is 1. The number of carbonyl (C=O) groups is 1. The van der Waals surface area contributed by atoms with E-state index >= 15 is 0 Å². The van der Waals surface area contributed by atoms with Crippen LogP contribution in [0.25, 0.3) is 0 Å². The average molecular weight is 272 g/mol. The fourth-order valence-electron chi connectivity index (χ4n) is 2.96. The van der Waals surface area contributed by atoms with E-state index in [0.29, 0.717) is 24.4 Å². The molecule has 108 valence electrons. The van der Waals surface area contributed by atoms with Crippen molar-refractivity contribution in [1.29, 1.82) is 0 Å². The van der Waals surface area contributed by atoms with Gasteiger partial charge in [0.1, 0.15) is 0 Å². The maximum atomic E-state index is 12.5. The zero-order chi connectivity index (χ0) is 13.9. The Bertz CT molecular complexity index is 458. The minimum atomic E-state index is 0.326. The Morgan fingerprint density at radius 2 is 2.00 bits per heavy atom.